The Morgan fingerprint density at radius 1 is 0.243 bits per heavy atom. The SMILES string of the molecule is CC(C)CCCCCCCCCCCCCCCCCCCCC(=O)OC[C@@H](COC(=O)CCCCCCCCCCCCCCCC(C)C)OC(=O)CCCCCCCCCCCCCCC(C)C. The fourth-order valence-electron chi connectivity index (χ4n) is 9.88. The normalized spacial score (nSPS) is 12.1. The average Bonchev–Trinajstić information content (AvgIpc) is 3.32. The van der Waals surface area contributed by atoms with Crippen molar-refractivity contribution in [3.63, 3.8) is 0 Å². The molecule has 0 aromatic heterocycles. The quantitative estimate of drug-likeness (QED) is 0.0343. The third-order valence-electron chi connectivity index (χ3n) is 14.6. The highest BCUT2D eigenvalue weighted by molar-refractivity contribution is 5.71. The summed E-state index contributed by atoms with van der Waals surface area (Å²) in [6.07, 6.45) is 59.6. The van der Waals surface area contributed by atoms with Crippen molar-refractivity contribution in [3.05, 3.63) is 0 Å². The number of esters is 3. The van der Waals surface area contributed by atoms with Crippen molar-refractivity contribution in [3.8, 4) is 0 Å². The monoisotopic (exact) mass is 989 g/mol. The standard InChI is InChI=1S/C64H124O6/c1-58(2)50-44-38-32-26-20-14-11-9-7-8-10-12-16-23-29-35-41-47-53-62(65)68-56-61(70-64(67)55-49-43-37-31-25-19-18-22-28-34-40-46-52-60(5)6)57-69-63(66)54-48-42-36-30-24-17-13-15-21-27-33-39-45-51-59(3)4/h58-61H,7-57H2,1-6H3/t61-/m0/s1. The molecule has 0 rings (SSSR count). The summed E-state index contributed by atoms with van der Waals surface area (Å²) in [5.74, 6) is 1.69. The van der Waals surface area contributed by atoms with E-state index in [0.29, 0.717) is 19.3 Å². The molecule has 0 N–H and O–H groups in total. The van der Waals surface area contributed by atoms with Crippen LogP contribution in [0.4, 0.5) is 0 Å². The maximum atomic E-state index is 12.9. The second kappa shape index (κ2) is 55.2. The highest BCUT2D eigenvalue weighted by Crippen LogP contribution is 2.19. The third kappa shape index (κ3) is 57.3. The summed E-state index contributed by atoms with van der Waals surface area (Å²) in [4.78, 5) is 38.3. The maximum absolute atomic E-state index is 12.9. The lowest BCUT2D eigenvalue weighted by Gasteiger charge is -2.18. The van der Waals surface area contributed by atoms with Gasteiger partial charge in [0, 0.05) is 19.3 Å². The van der Waals surface area contributed by atoms with Crippen LogP contribution in [-0.2, 0) is 28.6 Å². The van der Waals surface area contributed by atoms with Crippen LogP contribution in [-0.4, -0.2) is 37.2 Å². The smallest absolute Gasteiger partial charge is 0.306 e. The van der Waals surface area contributed by atoms with Crippen LogP contribution in [0.3, 0.4) is 0 Å². The molecule has 0 bridgehead atoms. The largest absolute Gasteiger partial charge is 0.462 e. The molecule has 0 aliphatic heterocycles. The first kappa shape index (κ1) is 68.4. The molecular weight excluding hydrogens is 865 g/mol. The molecule has 0 spiro atoms. The van der Waals surface area contributed by atoms with E-state index in [9.17, 15) is 14.4 Å². The van der Waals surface area contributed by atoms with Gasteiger partial charge in [0.05, 0.1) is 0 Å². The lowest BCUT2D eigenvalue weighted by molar-refractivity contribution is -0.167. The minimum Gasteiger partial charge on any atom is -0.462 e. The molecule has 0 heterocycles. The molecule has 1 atom stereocenters. The fraction of sp³-hybridized carbons (Fsp3) is 0.953. The Hall–Kier alpha value is -1.59. The van der Waals surface area contributed by atoms with Crippen molar-refractivity contribution in [2.45, 2.75) is 362 Å². The van der Waals surface area contributed by atoms with Gasteiger partial charge < -0.3 is 14.2 Å². The van der Waals surface area contributed by atoms with Crippen molar-refractivity contribution in [2.75, 3.05) is 13.2 Å². The van der Waals surface area contributed by atoms with Crippen LogP contribution >= 0.6 is 0 Å². The molecule has 0 radical (unpaired) electrons. The van der Waals surface area contributed by atoms with Gasteiger partial charge in [-0.15, -0.1) is 0 Å². The Morgan fingerprint density at radius 2 is 0.414 bits per heavy atom. The van der Waals surface area contributed by atoms with E-state index in [4.69, 9.17) is 14.2 Å². The summed E-state index contributed by atoms with van der Waals surface area (Å²) in [6, 6.07) is 0. The molecule has 0 saturated heterocycles. The first-order valence-electron chi connectivity index (χ1n) is 31.6. The van der Waals surface area contributed by atoms with Gasteiger partial charge in [0.2, 0.25) is 0 Å². The first-order chi connectivity index (χ1) is 34.1. The van der Waals surface area contributed by atoms with Gasteiger partial charge in [0.25, 0.3) is 0 Å². The maximum Gasteiger partial charge on any atom is 0.306 e. The van der Waals surface area contributed by atoms with Gasteiger partial charge in [-0.05, 0) is 37.0 Å². The Bertz CT molecular complexity index is 1090. The van der Waals surface area contributed by atoms with Gasteiger partial charge in [0.1, 0.15) is 13.2 Å². The number of unbranched alkanes of at least 4 members (excludes halogenated alkanes) is 40. The van der Waals surface area contributed by atoms with E-state index in [-0.39, 0.29) is 31.1 Å². The highest BCUT2D eigenvalue weighted by Gasteiger charge is 2.19. The number of carbonyl (C=O) groups is 3. The molecule has 416 valence electrons. The van der Waals surface area contributed by atoms with Crippen molar-refractivity contribution >= 4 is 17.9 Å². The van der Waals surface area contributed by atoms with E-state index in [1.165, 1.54) is 238 Å². The molecule has 0 aromatic rings. The molecule has 0 aliphatic carbocycles. The Balaban J connectivity index is 4.26. The van der Waals surface area contributed by atoms with Crippen LogP contribution in [0.2, 0.25) is 0 Å². The van der Waals surface area contributed by atoms with Crippen LogP contribution < -0.4 is 0 Å². The van der Waals surface area contributed by atoms with E-state index in [0.717, 1.165) is 75.5 Å². The summed E-state index contributed by atoms with van der Waals surface area (Å²) < 4.78 is 17.0. The number of rotatable bonds is 57. The molecule has 0 saturated carbocycles. The predicted octanol–water partition coefficient (Wildman–Crippen LogP) is 21.1. The van der Waals surface area contributed by atoms with Gasteiger partial charge >= 0.3 is 17.9 Å². The molecular formula is C64H124O6. The van der Waals surface area contributed by atoms with E-state index in [2.05, 4.69) is 41.5 Å². The van der Waals surface area contributed by atoms with Gasteiger partial charge in [0.15, 0.2) is 6.10 Å². The van der Waals surface area contributed by atoms with E-state index < -0.39 is 6.10 Å². The number of hydrogen-bond acceptors (Lipinski definition) is 6. The van der Waals surface area contributed by atoms with Gasteiger partial charge in [-0.2, -0.15) is 0 Å². The lowest BCUT2D eigenvalue weighted by Crippen LogP contribution is -2.30. The number of ether oxygens (including phenoxy) is 3. The average molecular weight is 990 g/mol. The van der Waals surface area contributed by atoms with Crippen molar-refractivity contribution in [1.29, 1.82) is 0 Å². The molecule has 0 unspecified atom stereocenters. The molecule has 70 heavy (non-hydrogen) atoms. The lowest BCUT2D eigenvalue weighted by atomic mass is 10.0. The first-order valence-corrected chi connectivity index (χ1v) is 31.6. The fourth-order valence-corrected chi connectivity index (χ4v) is 9.88. The molecule has 0 aromatic carbocycles. The summed E-state index contributed by atoms with van der Waals surface area (Å²) >= 11 is 0. The molecule has 0 aliphatic rings. The third-order valence-corrected chi connectivity index (χ3v) is 14.6. The highest BCUT2D eigenvalue weighted by atomic mass is 16.6. The van der Waals surface area contributed by atoms with Crippen LogP contribution in [0, 0.1) is 17.8 Å². The minimum absolute atomic E-state index is 0.0627. The Labute approximate surface area is 438 Å². The van der Waals surface area contributed by atoms with Crippen molar-refractivity contribution in [1.82, 2.24) is 0 Å². The zero-order valence-corrected chi connectivity index (χ0v) is 48.3. The van der Waals surface area contributed by atoms with Crippen LogP contribution in [0.15, 0.2) is 0 Å². The second-order valence-electron chi connectivity index (χ2n) is 23.5. The summed E-state index contributed by atoms with van der Waals surface area (Å²) in [5.41, 5.74) is 0. The van der Waals surface area contributed by atoms with Gasteiger partial charge in [-0.1, -0.05) is 318 Å². The second-order valence-corrected chi connectivity index (χ2v) is 23.5. The van der Waals surface area contributed by atoms with Gasteiger partial charge in [-0.3, -0.25) is 14.4 Å². The number of hydrogen-bond donors (Lipinski definition) is 0. The number of carbonyl (C=O) groups excluding carboxylic acids is 3. The van der Waals surface area contributed by atoms with Crippen LogP contribution in [0.25, 0.3) is 0 Å². The van der Waals surface area contributed by atoms with Crippen LogP contribution in [0.5, 0.6) is 0 Å². The predicted molar refractivity (Wildman–Crippen MR) is 303 cm³/mol. The van der Waals surface area contributed by atoms with Crippen LogP contribution in [0.1, 0.15) is 356 Å². The Kier molecular flexibility index (Phi) is 53.9. The topological polar surface area (TPSA) is 78.9 Å². The van der Waals surface area contributed by atoms with E-state index in [1.54, 1.807) is 0 Å². The summed E-state index contributed by atoms with van der Waals surface area (Å²) in [7, 11) is 0. The zero-order valence-electron chi connectivity index (χ0n) is 48.3. The van der Waals surface area contributed by atoms with E-state index in [1.807, 2.05) is 0 Å². The Morgan fingerprint density at radius 3 is 0.614 bits per heavy atom. The van der Waals surface area contributed by atoms with Crippen molar-refractivity contribution in [2.24, 2.45) is 17.8 Å². The van der Waals surface area contributed by atoms with Crippen molar-refractivity contribution < 1.29 is 28.6 Å². The molecule has 6 heteroatoms. The van der Waals surface area contributed by atoms with E-state index >= 15 is 0 Å². The zero-order chi connectivity index (χ0) is 51.2. The minimum atomic E-state index is -0.764. The molecule has 6 nitrogen and oxygen atoms in total. The summed E-state index contributed by atoms with van der Waals surface area (Å²) in [6.45, 7) is 13.8. The van der Waals surface area contributed by atoms with Gasteiger partial charge in [-0.25, -0.2) is 0 Å². The summed E-state index contributed by atoms with van der Waals surface area (Å²) in [5, 5.41) is 0. The molecule has 0 amide bonds. The molecule has 0 fully saturated rings.